The van der Waals surface area contributed by atoms with Crippen molar-refractivity contribution in [2.24, 2.45) is 11.7 Å². The molecule has 2 aliphatic rings. The van der Waals surface area contributed by atoms with E-state index in [1.165, 1.54) is 4.90 Å². The lowest BCUT2D eigenvalue weighted by molar-refractivity contribution is -0.149. The number of amides is 1. The fraction of sp³-hybridized carbons (Fsp3) is 0.917. The number of alkyl halides is 2. The van der Waals surface area contributed by atoms with Crippen LogP contribution in [-0.4, -0.2) is 60.3 Å². The maximum Gasteiger partial charge on any atom is 0.266 e. The molecule has 1 amide bonds. The summed E-state index contributed by atoms with van der Waals surface area (Å²) < 4.78 is 30.5. The van der Waals surface area contributed by atoms with Crippen LogP contribution in [0.4, 0.5) is 8.78 Å². The van der Waals surface area contributed by atoms with E-state index in [9.17, 15) is 18.7 Å². The minimum atomic E-state index is -2.78. The van der Waals surface area contributed by atoms with Crippen LogP contribution in [-0.2, 0) is 9.53 Å². The lowest BCUT2D eigenvalue weighted by atomic mass is 9.90. The number of hydrogen-bond donors (Lipinski definition) is 2. The maximum atomic E-state index is 12.6. The lowest BCUT2D eigenvalue weighted by Crippen LogP contribution is -2.55. The van der Waals surface area contributed by atoms with Gasteiger partial charge in [-0.3, -0.25) is 4.79 Å². The van der Waals surface area contributed by atoms with Crippen LogP contribution in [0.15, 0.2) is 0 Å². The first kappa shape index (κ1) is 14.6. The van der Waals surface area contributed by atoms with Crippen LogP contribution in [0.3, 0.4) is 0 Å². The van der Waals surface area contributed by atoms with Crippen molar-refractivity contribution in [3.63, 3.8) is 0 Å². The van der Waals surface area contributed by atoms with E-state index in [0.717, 1.165) is 6.42 Å². The normalized spacial score (nSPS) is 28.7. The molecule has 0 aliphatic carbocycles. The van der Waals surface area contributed by atoms with Crippen molar-refractivity contribution in [3.05, 3.63) is 0 Å². The minimum Gasteiger partial charge on any atom is -0.384 e. The van der Waals surface area contributed by atoms with Gasteiger partial charge in [-0.2, -0.15) is 0 Å². The summed E-state index contributed by atoms with van der Waals surface area (Å²) in [7, 11) is 0. The quantitative estimate of drug-likeness (QED) is 0.760. The van der Waals surface area contributed by atoms with Gasteiger partial charge in [0, 0.05) is 25.6 Å². The smallest absolute Gasteiger partial charge is 0.266 e. The molecule has 2 heterocycles. The molecule has 0 spiro atoms. The van der Waals surface area contributed by atoms with Crippen LogP contribution >= 0.6 is 0 Å². The zero-order chi connectivity index (χ0) is 14.0. The van der Waals surface area contributed by atoms with E-state index in [1.54, 1.807) is 0 Å². The molecular weight excluding hydrogens is 258 g/mol. The zero-order valence-electron chi connectivity index (χ0n) is 10.7. The molecule has 110 valence electrons. The number of carbonyl (C=O) groups is 1. The highest BCUT2D eigenvalue weighted by molar-refractivity contribution is 5.82. The molecule has 7 heteroatoms. The number of halogens is 2. The average Bonchev–Trinajstić information content (AvgIpc) is 2.91. The van der Waals surface area contributed by atoms with E-state index in [4.69, 9.17) is 10.5 Å². The number of ether oxygens (including phenoxy) is 1. The maximum absolute atomic E-state index is 12.6. The van der Waals surface area contributed by atoms with Crippen LogP contribution in [0.1, 0.15) is 19.3 Å². The van der Waals surface area contributed by atoms with Crippen LogP contribution in [0.2, 0.25) is 0 Å². The van der Waals surface area contributed by atoms with Crippen LogP contribution in [0, 0.1) is 5.92 Å². The Morgan fingerprint density at radius 3 is 2.53 bits per heavy atom. The monoisotopic (exact) mass is 278 g/mol. The number of hydrogen-bond acceptors (Lipinski definition) is 4. The van der Waals surface area contributed by atoms with Crippen molar-refractivity contribution < 1.29 is 23.4 Å². The number of nitrogens with zero attached hydrogens (tertiary/aromatic N) is 1. The molecule has 2 rings (SSSR count). The third kappa shape index (κ3) is 3.04. The first-order valence-electron chi connectivity index (χ1n) is 6.57. The standard InChI is InChI=1S/C12H20F2N2O3/c13-11(14)12(18)2-4-16(5-3-12)10(17)9(15)8-1-6-19-7-8/h8-9,11,18H,1-7,15H2. The highest BCUT2D eigenvalue weighted by atomic mass is 19.3. The van der Waals surface area contributed by atoms with E-state index in [2.05, 4.69) is 0 Å². The van der Waals surface area contributed by atoms with Gasteiger partial charge in [-0.25, -0.2) is 8.78 Å². The summed E-state index contributed by atoms with van der Waals surface area (Å²) in [5.74, 6) is -0.227. The molecule has 0 radical (unpaired) electrons. The van der Waals surface area contributed by atoms with Gasteiger partial charge in [0.2, 0.25) is 5.91 Å². The first-order valence-corrected chi connectivity index (χ1v) is 6.57. The molecular formula is C12H20F2N2O3. The Hall–Kier alpha value is -0.790. The van der Waals surface area contributed by atoms with E-state index >= 15 is 0 Å². The lowest BCUT2D eigenvalue weighted by Gasteiger charge is -2.38. The largest absolute Gasteiger partial charge is 0.384 e. The minimum absolute atomic E-state index is 0.00316. The summed E-state index contributed by atoms with van der Waals surface area (Å²) in [6.45, 7) is 1.33. The SMILES string of the molecule is NC(C(=O)N1CCC(O)(C(F)F)CC1)C1CCOC1. The van der Waals surface area contributed by atoms with Crippen molar-refractivity contribution in [1.82, 2.24) is 4.90 Å². The van der Waals surface area contributed by atoms with Gasteiger partial charge in [-0.15, -0.1) is 0 Å². The molecule has 5 nitrogen and oxygen atoms in total. The van der Waals surface area contributed by atoms with Crippen molar-refractivity contribution in [3.8, 4) is 0 Å². The second-order valence-electron chi connectivity index (χ2n) is 5.38. The van der Waals surface area contributed by atoms with Crippen molar-refractivity contribution in [2.75, 3.05) is 26.3 Å². The topological polar surface area (TPSA) is 75.8 Å². The summed E-state index contributed by atoms with van der Waals surface area (Å²) in [4.78, 5) is 13.6. The summed E-state index contributed by atoms with van der Waals surface area (Å²) in [6, 6.07) is -0.639. The van der Waals surface area contributed by atoms with Gasteiger partial charge in [0.25, 0.3) is 6.43 Å². The average molecular weight is 278 g/mol. The summed E-state index contributed by atoms with van der Waals surface area (Å²) in [5.41, 5.74) is 3.94. The molecule has 0 aromatic rings. The molecule has 0 bridgehead atoms. The zero-order valence-corrected chi connectivity index (χ0v) is 10.7. The Kier molecular flexibility index (Phi) is 4.37. The van der Waals surface area contributed by atoms with Gasteiger partial charge in [0.1, 0.15) is 5.60 Å². The summed E-state index contributed by atoms with van der Waals surface area (Å²) >= 11 is 0. The van der Waals surface area contributed by atoms with E-state index < -0.39 is 18.1 Å². The number of nitrogens with two attached hydrogens (primary N) is 1. The molecule has 2 fully saturated rings. The van der Waals surface area contributed by atoms with E-state index in [-0.39, 0.29) is 37.8 Å². The van der Waals surface area contributed by atoms with Gasteiger partial charge in [-0.1, -0.05) is 0 Å². The number of likely N-dealkylation sites (tertiary alicyclic amines) is 1. The Balaban J connectivity index is 1.88. The Bertz CT molecular complexity index is 327. The molecule has 2 saturated heterocycles. The molecule has 0 aromatic heterocycles. The molecule has 2 unspecified atom stereocenters. The van der Waals surface area contributed by atoms with E-state index in [0.29, 0.717) is 13.2 Å². The second kappa shape index (κ2) is 5.68. The Morgan fingerprint density at radius 1 is 1.42 bits per heavy atom. The highest BCUT2D eigenvalue weighted by Crippen LogP contribution is 2.29. The molecule has 3 N–H and O–H groups in total. The summed E-state index contributed by atoms with van der Waals surface area (Å²) in [6.07, 6.45) is -2.24. The third-order valence-corrected chi connectivity index (χ3v) is 4.11. The number of rotatable bonds is 3. The second-order valence-corrected chi connectivity index (χ2v) is 5.38. The van der Waals surface area contributed by atoms with E-state index in [1.807, 2.05) is 0 Å². The predicted molar refractivity (Wildman–Crippen MR) is 63.7 cm³/mol. The molecule has 0 saturated carbocycles. The Morgan fingerprint density at radius 2 is 2.05 bits per heavy atom. The van der Waals surface area contributed by atoms with Crippen molar-refractivity contribution in [1.29, 1.82) is 0 Å². The molecule has 19 heavy (non-hydrogen) atoms. The fourth-order valence-corrected chi connectivity index (χ4v) is 2.58. The van der Waals surface area contributed by atoms with Gasteiger partial charge < -0.3 is 20.5 Å². The number of carbonyl (C=O) groups excluding carboxylic acids is 1. The van der Waals surface area contributed by atoms with Gasteiger partial charge >= 0.3 is 0 Å². The predicted octanol–water partition coefficient (Wildman–Crippen LogP) is -0.0312. The molecule has 0 aromatic carbocycles. The fourth-order valence-electron chi connectivity index (χ4n) is 2.58. The Labute approximate surface area is 110 Å². The van der Waals surface area contributed by atoms with Crippen LogP contribution in [0.25, 0.3) is 0 Å². The van der Waals surface area contributed by atoms with Gasteiger partial charge in [-0.05, 0) is 19.3 Å². The van der Waals surface area contributed by atoms with Crippen LogP contribution < -0.4 is 5.73 Å². The van der Waals surface area contributed by atoms with Gasteiger partial charge in [0.05, 0.1) is 12.6 Å². The van der Waals surface area contributed by atoms with Crippen molar-refractivity contribution >= 4 is 5.91 Å². The van der Waals surface area contributed by atoms with Crippen molar-refractivity contribution in [2.45, 2.75) is 37.3 Å². The third-order valence-electron chi connectivity index (χ3n) is 4.11. The molecule has 2 atom stereocenters. The number of aliphatic hydroxyl groups is 1. The number of piperidine rings is 1. The summed E-state index contributed by atoms with van der Waals surface area (Å²) in [5, 5.41) is 9.66. The van der Waals surface area contributed by atoms with Gasteiger partial charge in [0.15, 0.2) is 0 Å². The van der Waals surface area contributed by atoms with Crippen LogP contribution in [0.5, 0.6) is 0 Å². The highest BCUT2D eigenvalue weighted by Gasteiger charge is 2.42. The molecule has 2 aliphatic heterocycles. The first-order chi connectivity index (χ1) is 8.94.